The monoisotopic (exact) mass is 239 g/mol. The van der Waals surface area contributed by atoms with Gasteiger partial charge in [-0.2, -0.15) is 0 Å². The van der Waals surface area contributed by atoms with Crippen molar-refractivity contribution in [1.29, 1.82) is 0 Å². The first-order valence-corrected chi connectivity index (χ1v) is 5.46. The van der Waals surface area contributed by atoms with Crippen LogP contribution in [0.3, 0.4) is 0 Å². The van der Waals surface area contributed by atoms with Crippen molar-refractivity contribution in [2.45, 2.75) is 20.8 Å². The molecule has 0 saturated carbocycles. The van der Waals surface area contributed by atoms with Gasteiger partial charge in [0.25, 0.3) is 0 Å². The van der Waals surface area contributed by atoms with Crippen molar-refractivity contribution in [2.24, 2.45) is 5.41 Å². The van der Waals surface area contributed by atoms with Gasteiger partial charge in [-0.1, -0.05) is 12.1 Å². The average molecular weight is 239 g/mol. The minimum absolute atomic E-state index is 0.314. The molecule has 1 rings (SSSR count). The maximum Gasteiger partial charge on any atom is 0.313 e. The standard InChI is InChI=1S/C13H18FNO2/c1-9-6-5-7-10(14)11(9)15-8-13(2,3)12(16)17-4/h5-7,15H,8H2,1-4H3. The van der Waals surface area contributed by atoms with Gasteiger partial charge in [0.05, 0.1) is 18.2 Å². The molecule has 4 heteroatoms. The molecule has 0 fully saturated rings. The molecule has 1 aromatic carbocycles. The van der Waals surface area contributed by atoms with Crippen molar-refractivity contribution in [3.05, 3.63) is 29.6 Å². The van der Waals surface area contributed by atoms with Crippen LogP contribution in [0.2, 0.25) is 0 Å². The first-order valence-electron chi connectivity index (χ1n) is 5.46. The number of benzene rings is 1. The molecule has 0 amide bonds. The Morgan fingerprint density at radius 3 is 2.65 bits per heavy atom. The third kappa shape index (κ3) is 3.19. The van der Waals surface area contributed by atoms with Gasteiger partial charge in [-0.25, -0.2) is 4.39 Å². The molecule has 0 aliphatic carbocycles. The Morgan fingerprint density at radius 2 is 2.12 bits per heavy atom. The summed E-state index contributed by atoms with van der Waals surface area (Å²) < 4.78 is 18.2. The second-order valence-corrected chi connectivity index (χ2v) is 4.66. The summed E-state index contributed by atoms with van der Waals surface area (Å²) in [6.45, 7) is 5.64. The van der Waals surface area contributed by atoms with E-state index in [1.165, 1.54) is 13.2 Å². The molecule has 0 heterocycles. The number of nitrogens with one attached hydrogen (secondary N) is 1. The number of ether oxygens (including phenoxy) is 1. The largest absolute Gasteiger partial charge is 0.469 e. The van der Waals surface area contributed by atoms with Crippen LogP contribution in [0.5, 0.6) is 0 Å². The average Bonchev–Trinajstić information content (AvgIpc) is 2.27. The van der Waals surface area contributed by atoms with E-state index in [0.717, 1.165) is 5.56 Å². The van der Waals surface area contributed by atoms with Crippen LogP contribution in [0.15, 0.2) is 18.2 Å². The first kappa shape index (κ1) is 13.5. The van der Waals surface area contributed by atoms with Gasteiger partial charge in [0.15, 0.2) is 0 Å². The summed E-state index contributed by atoms with van der Waals surface area (Å²) >= 11 is 0. The molecule has 0 saturated heterocycles. The van der Waals surface area contributed by atoms with Crippen LogP contribution in [-0.4, -0.2) is 19.6 Å². The number of rotatable bonds is 4. The Labute approximate surface area is 101 Å². The SMILES string of the molecule is COC(=O)C(C)(C)CNc1c(C)cccc1F. The van der Waals surface area contributed by atoms with Crippen LogP contribution in [0.4, 0.5) is 10.1 Å². The van der Waals surface area contributed by atoms with Crippen molar-refractivity contribution in [2.75, 3.05) is 19.0 Å². The zero-order chi connectivity index (χ0) is 13.1. The Kier molecular flexibility index (Phi) is 4.10. The second kappa shape index (κ2) is 5.17. The minimum Gasteiger partial charge on any atom is -0.469 e. The third-order valence-electron chi connectivity index (χ3n) is 2.67. The molecular weight excluding hydrogens is 221 g/mol. The number of methoxy groups -OCH3 is 1. The highest BCUT2D eigenvalue weighted by molar-refractivity contribution is 5.76. The van der Waals surface area contributed by atoms with Crippen LogP contribution < -0.4 is 5.32 Å². The summed E-state index contributed by atoms with van der Waals surface area (Å²) in [6.07, 6.45) is 0. The number of hydrogen-bond acceptors (Lipinski definition) is 3. The van der Waals surface area contributed by atoms with Crippen LogP contribution >= 0.6 is 0 Å². The van der Waals surface area contributed by atoms with Gasteiger partial charge >= 0.3 is 5.97 Å². The highest BCUT2D eigenvalue weighted by Crippen LogP contribution is 2.22. The highest BCUT2D eigenvalue weighted by Gasteiger charge is 2.28. The van der Waals surface area contributed by atoms with Gasteiger partial charge in [-0.05, 0) is 32.4 Å². The normalized spacial score (nSPS) is 11.1. The number of carbonyl (C=O) groups is 1. The van der Waals surface area contributed by atoms with Crippen molar-refractivity contribution < 1.29 is 13.9 Å². The number of esters is 1. The zero-order valence-corrected chi connectivity index (χ0v) is 10.6. The lowest BCUT2D eigenvalue weighted by atomic mass is 9.93. The van der Waals surface area contributed by atoms with E-state index in [1.807, 2.05) is 13.0 Å². The molecule has 3 nitrogen and oxygen atoms in total. The number of anilines is 1. The molecule has 0 bridgehead atoms. The molecule has 0 atom stereocenters. The van der Waals surface area contributed by atoms with Crippen LogP contribution in [0.1, 0.15) is 19.4 Å². The summed E-state index contributed by atoms with van der Waals surface area (Å²) in [6, 6.07) is 4.86. The maximum absolute atomic E-state index is 13.5. The van der Waals surface area contributed by atoms with Crippen molar-refractivity contribution in [3.63, 3.8) is 0 Å². The highest BCUT2D eigenvalue weighted by atomic mass is 19.1. The van der Waals surface area contributed by atoms with Gasteiger partial charge in [-0.15, -0.1) is 0 Å². The van der Waals surface area contributed by atoms with Crippen molar-refractivity contribution >= 4 is 11.7 Å². The topological polar surface area (TPSA) is 38.3 Å². The fourth-order valence-electron chi connectivity index (χ4n) is 1.51. The molecule has 94 valence electrons. The van der Waals surface area contributed by atoms with Gasteiger partial charge < -0.3 is 10.1 Å². The molecule has 0 unspecified atom stereocenters. The van der Waals surface area contributed by atoms with E-state index in [1.54, 1.807) is 19.9 Å². The minimum atomic E-state index is -0.691. The summed E-state index contributed by atoms with van der Waals surface area (Å²) in [5, 5.41) is 2.96. The third-order valence-corrected chi connectivity index (χ3v) is 2.67. The zero-order valence-electron chi connectivity index (χ0n) is 10.6. The van der Waals surface area contributed by atoms with Crippen LogP contribution in [0.25, 0.3) is 0 Å². The molecule has 1 aromatic rings. The van der Waals surface area contributed by atoms with E-state index in [2.05, 4.69) is 5.32 Å². The lowest BCUT2D eigenvalue weighted by Crippen LogP contribution is -2.33. The Hall–Kier alpha value is -1.58. The van der Waals surface area contributed by atoms with E-state index in [-0.39, 0.29) is 11.8 Å². The van der Waals surface area contributed by atoms with Gasteiger partial charge in [0, 0.05) is 6.54 Å². The predicted molar refractivity (Wildman–Crippen MR) is 65.4 cm³/mol. The van der Waals surface area contributed by atoms with Gasteiger partial charge in [-0.3, -0.25) is 4.79 Å². The fourth-order valence-corrected chi connectivity index (χ4v) is 1.51. The number of aryl methyl sites for hydroxylation is 1. The number of hydrogen-bond donors (Lipinski definition) is 1. The smallest absolute Gasteiger partial charge is 0.313 e. The molecule has 0 radical (unpaired) electrons. The molecular formula is C13H18FNO2. The quantitative estimate of drug-likeness (QED) is 0.821. The molecule has 0 aliphatic rings. The number of para-hydroxylation sites is 1. The molecule has 1 N–H and O–H groups in total. The van der Waals surface area contributed by atoms with Gasteiger partial charge in [0.1, 0.15) is 5.82 Å². The predicted octanol–water partition coefficient (Wildman–Crippen LogP) is 2.75. The maximum atomic E-state index is 13.5. The summed E-state index contributed by atoms with van der Waals surface area (Å²) in [5.74, 6) is -0.635. The summed E-state index contributed by atoms with van der Waals surface area (Å²) in [4.78, 5) is 11.5. The van der Waals surface area contributed by atoms with E-state index in [4.69, 9.17) is 4.74 Å². The fraction of sp³-hybridized carbons (Fsp3) is 0.462. The van der Waals surface area contributed by atoms with Crippen molar-refractivity contribution in [1.82, 2.24) is 0 Å². The van der Waals surface area contributed by atoms with E-state index in [0.29, 0.717) is 12.2 Å². The Bertz CT molecular complexity index is 396. The summed E-state index contributed by atoms with van der Waals surface area (Å²) in [7, 11) is 1.35. The first-order chi connectivity index (χ1) is 7.88. The van der Waals surface area contributed by atoms with E-state index >= 15 is 0 Å². The van der Waals surface area contributed by atoms with Crippen LogP contribution in [0, 0.1) is 18.2 Å². The Morgan fingerprint density at radius 1 is 1.47 bits per heavy atom. The lowest BCUT2D eigenvalue weighted by Gasteiger charge is -2.23. The van der Waals surface area contributed by atoms with Gasteiger partial charge in [0.2, 0.25) is 0 Å². The molecule has 0 aliphatic heterocycles. The van der Waals surface area contributed by atoms with Crippen molar-refractivity contribution in [3.8, 4) is 0 Å². The molecule has 0 spiro atoms. The van der Waals surface area contributed by atoms with E-state index < -0.39 is 5.41 Å². The van der Waals surface area contributed by atoms with Crippen LogP contribution in [-0.2, 0) is 9.53 Å². The summed E-state index contributed by atoms with van der Waals surface area (Å²) in [5.41, 5.74) is 0.555. The van der Waals surface area contributed by atoms with E-state index in [9.17, 15) is 9.18 Å². The second-order valence-electron chi connectivity index (χ2n) is 4.66. The molecule has 17 heavy (non-hydrogen) atoms. The molecule has 0 aromatic heterocycles. The lowest BCUT2D eigenvalue weighted by molar-refractivity contribution is -0.149. The Balaban J connectivity index is 2.77. The number of carbonyl (C=O) groups excluding carboxylic acids is 1. The number of halogens is 1.